The van der Waals surface area contributed by atoms with Crippen LogP contribution >= 0.6 is 0 Å². The summed E-state index contributed by atoms with van der Waals surface area (Å²) in [6.45, 7) is 4.08. The first-order valence-corrected chi connectivity index (χ1v) is 10.4. The summed E-state index contributed by atoms with van der Waals surface area (Å²) in [5.74, 6) is 0. The number of hydrogen-bond acceptors (Lipinski definition) is 6. The molecule has 1 aliphatic rings. The zero-order valence-electron chi connectivity index (χ0n) is 15.3. The second-order valence-electron chi connectivity index (χ2n) is 6.48. The van der Waals surface area contributed by atoms with Crippen LogP contribution in [-0.4, -0.2) is 47.0 Å². The number of sulfonamides is 1. The Bertz CT molecular complexity index is 937. The Morgan fingerprint density at radius 3 is 2.78 bits per heavy atom. The fourth-order valence-electron chi connectivity index (χ4n) is 3.42. The molecule has 0 spiro atoms. The van der Waals surface area contributed by atoms with E-state index < -0.39 is 14.9 Å². The fourth-order valence-corrected chi connectivity index (χ4v) is 4.90. The number of nitro groups is 1. The van der Waals surface area contributed by atoms with Gasteiger partial charge >= 0.3 is 0 Å². The maximum absolute atomic E-state index is 12.7. The van der Waals surface area contributed by atoms with Crippen molar-refractivity contribution in [2.45, 2.75) is 44.0 Å². The molecule has 0 amide bonds. The molecule has 146 valence electrons. The van der Waals surface area contributed by atoms with Crippen molar-refractivity contribution in [1.82, 2.24) is 14.5 Å². The van der Waals surface area contributed by atoms with Gasteiger partial charge in [0.2, 0.25) is 10.0 Å². The average molecular weight is 393 g/mol. The van der Waals surface area contributed by atoms with Crippen LogP contribution < -0.4 is 5.32 Å². The summed E-state index contributed by atoms with van der Waals surface area (Å²) in [4.78, 5) is 10.9. The van der Waals surface area contributed by atoms with E-state index in [-0.39, 0.29) is 16.6 Å². The van der Waals surface area contributed by atoms with Gasteiger partial charge in [-0.05, 0) is 37.0 Å². The number of nitro benzene ring substituents is 1. The minimum absolute atomic E-state index is 0.0269. The molecular weight excluding hydrogens is 370 g/mol. The number of aromatic amines is 1. The Balaban J connectivity index is 1.88. The quantitative estimate of drug-likeness (QED) is 0.550. The predicted octanol–water partition coefficient (Wildman–Crippen LogP) is 2.32. The lowest BCUT2D eigenvalue weighted by Crippen LogP contribution is -2.31. The lowest BCUT2D eigenvalue weighted by atomic mass is 9.93. The molecule has 1 aliphatic carbocycles. The molecular formula is C17H23N5O4S. The summed E-state index contributed by atoms with van der Waals surface area (Å²) in [6.07, 6.45) is 4.11. The molecule has 0 aliphatic heterocycles. The van der Waals surface area contributed by atoms with Gasteiger partial charge in [0, 0.05) is 30.9 Å². The van der Waals surface area contributed by atoms with Crippen molar-refractivity contribution in [1.29, 1.82) is 0 Å². The highest BCUT2D eigenvalue weighted by molar-refractivity contribution is 7.89. The number of benzene rings is 1. The number of aromatic nitrogens is 2. The van der Waals surface area contributed by atoms with E-state index in [1.807, 2.05) is 0 Å². The number of aryl methyl sites for hydroxylation is 1. The van der Waals surface area contributed by atoms with E-state index in [1.54, 1.807) is 20.0 Å². The van der Waals surface area contributed by atoms with Crippen LogP contribution in [0.2, 0.25) is 0 Å². The minimum Gasteiger partial charge on any atom is -0.376 e. The minimum atomic E-state index is -3.75. The first-order chi connectivity index (χ1) is 12.9. The molecule has 2 aromatic rings. The summed E-state index contributed by atoms with van der Waals surface area (Å²) < 4.78 is 26.6. The maximum atomic E-state index is 12.7. The molecule has 9 nitrogen and oxygen atoms in total. The molecule has 1 heterocycles. The lowest BCUT2D eigenvalue weighted by Gasteiger charge is -2.24. The van der Waals surface area contributed by atoms with Gasteiger partial charge < -0.3 is 5.32 Å². The van der Waals surface area contributed by atoms with Gasteiger partial charge in [0.1, 0.15) is 5.69 Å². The van der Waals surface area contributed by atoms with Gasteiger partial charge in [0.15, 0.2) is 0 Å². The summed E-state index contributed by atoms with van der Waals surface area (Å²) in [5.41, 5.74) is 2.29. The van der Waals surface area contributed by atoms with Crippen molar-refractivity contribution in [2.24, 2.45) is 0 Å². The van der Waals surface area contributed by atoms with Crippen LogP contribution in [0, 0.1) is 10.1 Å². The van der Waals surface area contributed by atoms with Gasteiger partial charge in [-0.2, -0.15) is 9.40 Å². The maximum Gasteiger partial charge on any atom is 0.293 e. The first kappa shape index (κ1) is 19.3. The Morgan fingerprint density at radius 1 is 1.37 bits per heavy atom. The van der Waals surface area contributed by atoms with Crippen LogP contribution in [0.25, 0.3) is 0 Å². The topological polar surface area (TPSA) is 121 Å². The molecule has 0 saturated carbocycles. The summed E-state index contributed by atoms with van der Waals surface area (Å²) in [7, 11) is -3.75. The number of anilines is 1. The van der Waals surface area contributed by atoms with Crippen LogP contribution in [0.5, 0.6) is 0 Å². The SMILES string of the molecule is CCN(CC)S(=O)(=O)c1ccc(NC2CCc3[nH]ncc3C2)c([N+](=O)[O-])c1. The third-order valence-electron chi connectivity index (χ3n) is 4.89. The van der Waals surface area contributed by atoms with E-state index in [9.17, 15) is 18.5 Å². The summed E-state index contributed by atoms with van der Waals surface area (Å²) in [5, 5.41) is 21.7. The third kappa shape index (κ3) is 3.81. The zero-order valence-corrected chi connectivity index (χ0v) is 16.1. The second kappa shape index (κ2) is 7.65. The van der Waals surface area contributed by atoms with Crippen LogP contribution in [-0.2, 0) is 22.9 Å². The highest BCUT2D eigenvalue weighted by atomic mass is 32.2. The molecule has 0 radical (unpaired) electrons. The number of rotatable bonds is 7. The van der Waals surface area contributed by atoms with Gasteiger partial charge in [0.25, 0.3) is 5.69 Å². The highest BCUT2D eigenvalue weighted by Gasteiger charge is 2.27. The van der Waals surface area contributed by atoms with Crippen LogP contribution in [0.4, 0.5) is 11.4 Å². The Hall–Kier alpha value is -2.46. The van der Waals surface area contributed by atoms with Crippen molar-refractivity contribution in [3.05, 3.63) is 45.8 Å². The third-order valence-corrected chi connectivity index (χ3v) is 6.93. The number of hydrogen-bond donors (Lipinski definition) is 2. The van der Waals surface area contributed by atoms with Crippen LogP contribution in [0.3, 0.4) is 0 Å². The van der Waals surface area contributed by atoms with E-state index in [0.29, 0.717) is 25.2 Å². The average Bonchev–Trinajstić information content (AvgIpc) is 3.10. The van der Waals surface area contributed by atoms with Gasteiger partial charge in [-0.1, -0.05) is 13.8 Å². The molecule has 0 fully saturated rings. The van der Waals surface area contributed by atoms with Crippen molar-refractivity contribution in [2.75, 3.05) is 18.4 Å². The summed E-state index contributed by atoms with van der Waals surface area (Å²) >= 11 is 0. The first-order valence-electron chi connectivity index (χ1n) is 8.93. The molecule has 1 aromatic heterocycles. The summed E-state index contributed by atoms with van der Waals surface area (Å²) in [6, 6.07) is 4.08. The van der Waals surface area contributed by atoms with E-state index in [1.165, 1.54) is 16.4 Å². The van der Waals surface area contributed by atoms with Gasteiger partial charge in [-0.3, -0.25) is 15.2 Å². The molecule has 1 atom stereocenters. The van der Waals surface area contributed by atoms with Crippen molar-refractivity contribution in [3.63, 3.8) is 0 Å². The van der Waals surface area contributed by atoms with Crippen molar-refractivity contribution < 1.29 is 13.3 Å². The van der Waals surface area contributed by atoms with E-state index in [2.05, 4.69) is 15.5 Å². The molecule has 0 bridgehead atoms. The molecule has 0 saturated heterocycles. The number of nitrogens with zero attached hydrogens (tertiary/aromatic N) is 3. The van der Waals surface area contributed by atoms with Gasteiger partial charge in [0.05, 0.1) is 16.0 Å². The normalized spacial score (nSPS) is 16.9. The largest absolute Gasteiger partial charge is 0.376 e. The second-order valence-corrected chi connectivity index (χ2v) is 8.42. The van der Waals surface area contributed by atoms with Crippen LogP contribution in [0.1, 0.15) is 31.5 Å². The molecule has 2 N–H and O–H groups in total. The van der Waals surface area contributed by atoms with Gasteiger partial charge in [-0.25, -0.2) is 8.42 Å². The molecule has 1 unspecified atom stereocenters. The monoisotopic (exact) mass is 393 g/mol. The molecule has 3 rings (SSSR count). The van der Waals surface area contributed by atoms with Crippen molar-refractivity contribution >= 4 is 21.4 Å². The Labute approximate surface area is 158 Å². The molecule has 27 heavy (non-hydrogen) atoms. The van der Waals surface area contributed by atoms with Gasteiger partial charge in [-0.15, -0.1) is 0 Å². The van der Waals surface area contributed by atoms with E-state index >= 15 is 0 Å². The van der Waals surface area contributed by atoms with E-state index in [4.69, 9.17) is 0 Å². The Morgan fingerprint density at radius 2 is 2.11 bits per heavy atom. The molecule has 1 aromatic carbocycles. The highest BCUT2D eigenvalue weighted by Crippen LogP contribution is 2.31. The standard InChI is InChI=1S/C17H23N5O4S/c1-3-21(4-2)27(25,26)14-6-8-16(17(10-14)22(23)24)19-13-5-7-15-12(9-13)11-18-20-15/h6,8,10-11,13,19H,3-5,7,9H2,1-2H3,(H,18,20). The van der Waals surface area contributed by atoms with Crippen LogP contribution in [0.15, 0.2) is 29.3 Å². The van der Waals surface area contributed by atoms with Crippen molar-refractivity contribution in [3.8, 4) is 0 Å². The number of nitrogens with one attached hydrogen (secondary N) is 2. The smallest absolute Gasteiger partial charge is 0.293 e. The Kier molecular flexibility index (Phi) is 5.47. The number of H-pyrrole nitrogens is 1. The predicted molar refractivity (Wildman–Crippen MR) is 101 cm³/mol. The zero-order chi connectivity index (χ0) is 19.6. The number of fused-ring (bicyclic) bond motifs is 1. The fraction of sp³-hybridized carbons (Fsp3) is 0.471. The lowest BCUT2D eigenvalue weighted by molar-refractivity contribution is -0.384. The van der Waals surface area contributed by atoms with E-state index in [0.717, 1.165) is 30.2 Å². The molecule has 10 heteroatoms.